The highest BCUT2D eigenvalue weighted by atomic mass is 35.5. The van der Waals surface area contributed by atoms with Gasteiger partial charge in [-0.1, -0.05) is 24.6 Å². The Morgan fingerprint density at radius 3 is 3.00 bits per heavy atom. The molecule has 2 atom stereocenters. The van der Waals surface area contributed by atoms with Crippen LogP contribution in [0.1, 0.15) is 37.8 Å². The predicted molar refractivity (Wildman–Crippen MR) is 71.4 cm³/mol. The summed E-state index contributed by atoms with van der Waals surface area (Å²) >= 11 is 5.79. The molecule has 1 aromatic rings. The van der Waals surface area contributed by atoms with Gasteiger partial charge >= 0.3 is 0 Å². The SMILES string of the molecule is CCCNC(c1ccc(Cl)cc1F)C1CCCO1. The minimum absolute atomic E-state index is 0.0622. The molecule has 1 fully saturated rings. The van der Waals surface area contributed by atoms with Crippen LogP contribution in [0.15, 0.2) is 18.2 Å². The molecule has 1 heterocycles. The van der Waals surface area contributed by atoms with Crippen molar-refractivity contribution >= 4 is 11.6 Å². The molecule has 100 valence electrons. The molecule has 1 aliphatic rings. The zero-order chi connectivity index (χ0) is 13.0. The zero-order valence-electron chi connectivity index (χ0n) is 10.6. The molecule has 0 amide bonds. The van der Waals surface area contributed by atoms with Crippen LogP contribution in [0.5, 0.6) is 0 Å². The molecule has 4 heteroatoms. The zero-order valence-corrected chi connectivity index (χ0v) is 11.3. The van der Waals surface area contributed by atoms with Crippen LogP contribution in [0.4, 0.5) is 4.39 Å². The fraction of sp³-hybridized carbons (Fsp3) is 0.571. The second-order valence-electron chi connectivity index (χ2n) is 4.65. The van der Waals surface area contributed by atoms with Crippen molar-refractivity contribution in [2.24, 2.45) is 0 Å². The van der Waals surface area contributed by atoms with Crippen LogP contribution in [0.3, 0.4) is 0 Å². The van der Waals surface area contributed by atoms with Crippen molar-refractivity contribution in [2.45, 2.75) is 38.3 Å². The molecule has 2 unspecified atom stereocenters. The first kappa shape index (κ1) is 13.8. The Hall–Kier alpha value is -0.640. The molecule has 2 nitrogen and oxygen atoms in total. The van der Waals surface area contributed by atoms with Gasteiger partial charge in [0.2, 0.25) is 0 Å². The molecular formula is C14H19ClFNO. The van der Waals surface area contributed by atoms with Crippen molar-refractivity contribution in [1.29, 1.82) is 0 Å². The van der Waals surface area contributed by atoms with E-state index in [1.165, 1.54) is 6.07 Å². The Kier molecular flexibility index (Phi) is 4.98. The molecule has 0 radical (unpaired) electrons. The Morgan fingerprint density at radius 2 is 2.39 bits per heavy atom. The van der Waals surface area contributed by atoms with E-state index in [2.05, 4.69) is 12.2 Å². The van der Waals surface area contributed by atoms with Crippen molar-refractivity contribution in [1.82, 2.24) is 5.32 Å². The lowest BCUT2D eigenvalue weighted by atomic mass is 9.98. The minimum Gasteiger partial charge on any atom is -0.376 e. The first-order valence-electron chi connectivity index (χ1n) is 6.52. The molecule has 0 aromatic heterocycles. The van der Waals surface area contributed by atoms with Gasteiger partial charge in [-0.15, -0.1) is 0 Å². The van der Waals surface area contributed by atoms with Crippen LogP contribution in [-0.4, -0.2) is 19.3 Å². The van der Waals surface area contributed by atoms with Crippen molar-refractivity contribution in [2.75, 3.05) is 13.2 Å². The van der Waals surface area contributed by atoms with E-state index < -0.39 is 0 Å². The Labute approximate surface area is 112 Å². The van der Waals surface area contributed by atoms with Crippen molar-refractivity contribution in [3.8, 4) is 0 Å². The van der Waals surface area contributed by atoms with E-state index in [0.29, 0.717) is 10.6 Å². The predicted octanol–water partition coefficient (Wildman–Crippen LogP) is 3.70. The quantitative estimate of drug-likeness (QED) is 0.882. The Balaban J connectivity index is 2.20. The molecule has 2 rings (SSSR count). The molecule has 1 aliphatic heterocycles. The lowest BCUT2D eigenvalue weighted by molar-refractivity contribution is 0.0771. The van der Waals surface area contributed by atoms with E-state index in [4.69, 9.17) is 16.3 Å². The molecule has 1 saturated heterocycles. The van der Waals surface area contributed by atoms with Crippen molar-refractivity contribution in [3.63, 3.8) is 0 Å². The van der Waals surface area contributed by atoms with Gasteiger partial charge in [0.1, 0.15) is 5.82 Å². The number of halogens is 2. The number of ether oxygens (including phenoxy) is 1. The third-order valence-electron chi connectivity index (χ3n) is 3.25. The molecule has 0 saturated carbocycles. The maximum Gasteiger partial charge on any atom is 0.129 e. The third kappa shape index (κ3) is 3.22. The number of hydrogen-bond donors (Lipinski definition) is 1. The van der Waals surface area contributed by atoms with Crippen LogP contribution in [0.2, 0.25) is 5.02 Å². The molecule has 0 spiro atoms. The summed E-state index contributed by atoms with van der Waals surface area (Å²) in [7, 11) is 0. The van der Waals surface area contributed by atoms with Crippen LogP contribution in [-0.2, 0) is 4.74 Å². The second-order valence-corrected chi connectivity index (χ2v) is 5.09. The lowest BCUT2D eigenvalue weighted by Crippen LogP contribution is -2.32. The van der Waals surface area contributed by atoms with Gasteiger partial charge in [0.05, 0.1) is 12.1 Å². The largest absolute Gasteiger partial charge is 0.376 e. The summed E-state index contributed by atoms with van der Waals surface area (Å²) in [4.78, 5) is 0. The Morgan fingerprint density at radius 1 is 1.56 bits per heavy atom. The summed E-state index contributed by atoms with van der Waals surface area (Å²) in [6, 6.07) is 4.78. The van der Waals surface area contributed by atoms with E-state index in [9.17, 15) is 4.39 Å². The van der Waals surface area contributed by atoms with Crippen LogP contribution in [0.25, 0.3) is 0 Å². The molecule has 0 bridgehead atoms. The second kappa shape index (κ2) is 6.50. The van der Waals surface area contributed by atoms with Gasteiger partial charge in [0, 0.05) is 17.2 Å². The van der Waals surface area contributed by atoms with Gasteiger partial charge in [0.15, 0.2) is 0 Å². The highest BCUT2D eigenvalue weighted by Crippen LogP contribution is 2.29. The summed E-state index contributed by atoms with van der Waals surface area (Å²) in [5.74, 6) is -0.258. The van der Waals surface area contributed by atoms with Crippen molar-refractivity contribution in [3.05, 3.63) is 34.6 Å². The first-order valence-corrected chi connectivity index (χ1v) is 6.90. The molecule has 1 aromatic carbocycles. The topological polar surface area (TPSA) is 21.3 Å². The van der Waals surface area contributed by atoms with Gasteiger partial charge in [-0.2, -0.15) is 0 Å². The van der Waals surface area contributed by atoms with Gasteiger partial charge in [-0.05, 0) is 37.9 Å². The van der Waals surface area contributed by atoms with E-state index in [1.807, 2.05) is 0 Å². The highest BCUT2D eigenvalue weighted by molar-refractivity contribution is 6.30. The van der Waals surface area contributed by atoms with E-state index in [0.717, 1.165) is 32.4 Å². The maximum atomic E-state index is 14.0. The smallest absolute Gasteiger partial charge is 0.129 e. The summed E-state index contributed by atoms with van der Waals surface area (Å²) in [6.45, 7) is 3.72. The first-order chi connectivity index (χ1) is 8.72. The van der Waals surface area contributed by atoms with E-state index in [1.54, 1.807) is 12.1 Å². The normalized spacial score (nSPS) is 21.2. The Bertz CT molecular complexity index is 393. The van der Waals surface area contributed by atoms with E-state index in [-0.39, 0.29) is 18.0 Å². The summed E-state index contributed by atoms with van der Waals surface area (Å²) in [5, 5.41) is 3.81. The summed E-state index contributed by atoms with van der Waals surface area (Å²) in [5.41, 5.74) is 0.653. The highest BCUT2D eigenvalue weighted by Gasteiger charge is 2.28. The lowest BCUT2D eigenvalue weighted by Gasteiger charge is -2.25. The molecular weight excluding hydrogens is 253 g/mol. The van der Waals surface area contributed by atoms with Gasteiger partial charge in [0.25, 0.3) is 0 Å². The summed E-state index contributed by atoms with van der Waals surface area (Å²) < 4.78 is 19.7. The summed E-state index contributed by atoms with van der Waals surface area (Å²) in [6.07, 6.45) is 3.10. The average Bonchev–Trinajstić information content (AvgIpc) is 2.85. The fourth-order valence-electron chi connectivity index (χ4n) is 2.36. The van der Waals surface area contributed by atoms with Gasteiger partial charge in [-0.25, -0.2) is 4.39 Å². The fourth-order valence-corrected chi connectivity index (χ4v) is 2.52. The van der Waals surface area contributed by atoms with Crippen LogP contribution >= 0.6 is 11.6 Å². The van der Waals surface area contributed by atoms with Gasteiger partial charge < -0.3 is 10.1 Å². The minimum atomic E-state index is -0.258. The third-order valence-corrected chi connectivity index (χ3v) is 3.48. The molecule has 0 aliphatic carbocycles. The van der Waals surface area contributed by atoms with Crippen LogP contribution in [0, 0.1) is 5.82 Å². The maximum absolute atomic E-state index is 14.0. The number of hydrogen-bond acceptors (Lipinski definition) is 2. The number of benzene rings is 1. The molecule has 1 N–H and O–H groups in total. The molecule has 18 heavy (non-hydrogen) atoms. The van der Waals surface area contributed by atoms with E-state index >= 15 is 0 Å². The van der Waals surface area contributed by atoms with Gasteiger partial charge in [-0.3, -0.25) is 0 Å². The average molecular weight is 272 g/mol. The van der Waals surface area contributed by atoms with Crippen LogP contribution < -0.4 is 5.32 Å². The monoisotopic (exact) mass is 271 g/mol. The van der Waals surface area contributed by atoms with Crippen molar-refractivity contribution < 1.29 is 9.13 Å². The number of rotatable bonds is 5. The number of nitrogens with one attached hydrogen (secondary N) is 1. The standard InChI is InChI=1S/C14H19ClFNO/c1-2-7-17-14(13-4-3-8-18-13)11-6-5-10(15)9-12(11)16/h5-6,9,13-14,17H,2-4,7-8H2,1H3.